The molecule has 1 aliphatic heterocycles. The molecule has 1 fully saturated rings. The molecule has 120 valence electrons. The van der Waals surface area contributed by atoms with Crippen molar-refractivity contribution >= 4 is 11.6 Å². The van der Waals surface area contributed by atoms with Gasteiger partial charge in [-0.2, -0.15) is 13.2 Å². The van der Waals surface area contributed by atoms with Crippen LogP contribution in [-0.4, -0.2) is 31.2 Å². The normalized spacial score (nSPS) is 16.3. The average Bonchev–Trinajstić information content (AvgIpc) is 2.36. The molecule has 1 N–H and O–H groups in total. The minimum Gasteiger partial charge on any atom is -0.361 e. The summed E-state index contributed by atoms with van der Waals surface area (Å²) in [6, 6.07) is -0.764. The van der Waals surface area contributed by atoms with Crippen LogP contribution < -0.4 is 10.2 Å². The number of nitrogens with zero attached hydrogens (tertiary/aromatic N) is 1. The lowest BCUT2D eigenvalue weighted by atomic mass is 10.1. The number of rotatable bonds is 3. The smallest absolute Gasteiger partial charge is 0.361 e. The highest BCUT2D eigenvalue weighted by Crippen LogP contribution is 2.28. The Balaban J connectivity index is 2.20. The van der Waals surface area contributed by atoms with Crippen molar-refractivity contribution in [3.8, 4) is 0 Å². The number of hydrogen-bond donors (Lipinski definition) is 1. The van der Waals surface area contributed by atoms with E-state index in [1.165, 1.54) is 4.90 Å². The number of benzene rings is 1. The van der Waals surface area contributed by atoms with E-state index in [0.717, 1.165) is 11.6 Å². The van der Waals surface area contributed by atoms with Crippen molar-refractivity contribution in [3.05, 3.63) is 41.5 Å². The van der Waals surface area contributed by atoms with Crippen molar-refractivity contribution in [2.75, 3.05) is 18.0 Å². The van der Waals surface area contributed by atoms with Crippen LogP contribution >= 0.6 is 0 Å². The maximum atomic E-state index is 13.9. The van der Waals surface area contributed by atoms with E-state index in [2.05, 4.69) is 6.58 Å². The minimum absolute atomic E-state index is 0.0506. The SMILES string of the molecule is C=C1CN(c2cc(F)c(C(=O)N[C@@H](C)C(F)(F)F)cc2F)C1. The summed E-state index contributed by atoms with van der Waals surface area (Å²) in [7, 11) is 0. The third-order valence-corrected chi connectivity index (χ3v) is 3.29. The molecule has 0 aromatic heterocycles. The Hall–Kier alpha value is -2.12. The lowest BCUT2D eigenvalue weighted by molar-refractivity contribution is -0.149. The number of alkyl halides is 3. The third-order valence-electron chi connectivity index (χ3n) is 3.29. The molecule has 3 nitrogen and oxygen atoms in total. The molecule has 2 rings (SSSR count). The van der Waals surface area contributed by atoms with Gasteiger partial charge < -0.3 is 10.2 Å². The van der Waals surface area contributed by atoms with Crippen molar-refractivity contribution in [1.82, 2.24) is 5.32 Å². The Morgan fingerprint density at radius 1 is 1.27 bits per heavy atom. The molecule has 0 bridgehead atoms. The zero-order valence-corrected chi connectivity index (χ0v) is 11.6. The average molecular weight is 320 g/mol. The van der Waals surface area contributed by atoms with Gasteiger partial charge in [0, 0.05) is 19.2 Å². The van der Waals surface area contributed by atoms with Crippen molar-refractivity contribution in [2.45, 2.75) is 19.1 Å². The van der Waals surface area contributed by atoms with Crippen molar-refractivity contribution in [1.29, 1.82) is 0 Å². The van der Waals surface area contributed by atoms with Crippen molar-refractivity contribution < 1.29 is 26.7 Å². The molecule has 0 spiro atoms. The van der Waals surface area contributed by atoms with Gasteiger partial charge >= 0.3 is 6.18 Å². The summed E-state index contributed by atoms with van der Waals surface area (Å²) in [5, 5.41) is 1.59. The van der Waals surface area contributed by atoms with Crippen LogP contribution in [0.5, 0.6) is 0 Å². The number of halogens is 5. The number of anilines is 1. The molecule has 0 radical (unpaired) electrons. The molecule has 1 aliphatic rings. The predicted octanol–water partition coefficient (Wildman–Crippen LogP) is 3.02. The van der Waals surface area contributed by atoms with E-state index < -0.39 is 35.3 Å². The Kier molecular flexibility index (Phi) is 4.12. The maximum Gasteiger partial charge on any atom is 0.408 e. The highest BCUT2D eigenvalue weighted by molar-refractivity contribution is 5.95. The summed E-state index contributed by atoms with van der Waals surface area (Å²) in [5.41, 5.74) is 0.0302. The van der Waals surface area contributed by atoms with Gasteiger partial charge in [-0.15, -0.1) is 0 Å². The van der Waals surface area contributed by atoms with Crippen LogP contribution in [0.2, 0.25) is 0 Å². The second-order valence-electron chi connectivity index (χ2n) is 5.13. The zero-order valence-electron chi connectivity index (χ0n) is 11.6. The maximum absolute atomic E-state index is 13.9. The lowest BCUT2D eigenvalue weighted by Crippen LogP contribution is -2.43. The van der Waals surface area contributed by atoms with Gasteiger partial charge in [0.05, 0.1) is 11.3 Å². The van der Waals surface area contributed by atoms with Crippen molar-refractivity contribution in [3.63, 3.8) is 0 Å². The molecule has 1 heterocycles. The molecule has 1 saturated heterocycles. The molecule has 22 heavy (non-hydrogen) atoms. The number of hydrogen-bond acceptors (Lipinski definition) is 2. The fourth-order valence-electron chi connectivity index (χ4n) is 1.97. The third kappa shape index (κ3) is 3.20. The van der Waals surface area contributed by atoms with Crippen LogP contribution in [0.1, 0.15) is 17.3 Å². The van der Waals surface area contributed by atoms with E-state index in [-0.39, 0.29) is 5.69 Å². The molecule has 1 aromatic carbocycles. The number of carbonyl (C=O) groups is 1. The van der Waals surface area contributed by atoms with Gasteiger partial charge in [0.15, 0.2) is 0 Å². The summed E-state index contributed by atoms with van der Waals surface area (Å²) >= 11 is 0. The Bertz CT molecular complexity index is 618. The molecular weight excluding hydrogens is 307 g/mol. The molecule has 0 aliphatic carbocycles. The first-order valence-corrected chi connectivity index (χ1v) is 6.38. The molecule has 1 aromatic rings. The fourth-order valence-corrected chi connectivity index (χ4v) is 1.97. The summed E-state index contributed by atoms with van der Waals surface area (Å²) in [6.45, 7) is 5.11. The van der Waals surface area contributed by atoms with Gasteiger partial charge in [0.2, 0.25) is 0 Å². The first-order valence-electron chi connectivity index (χ1n) is 6.38. The standard InChI is InChI=1S/C14H13F5N2O/c1-7-5-21(6-7)12-4-10(15)9(3-11(12)16)13(22)20-8(2)14(17,18)19/h3-4,8H,1,5-6H2,2H3,(H,20,22)/t8-/m0/s1. The highest BCUT2D eigenvalue weighted by Gasteiger charge is 2.37. The van der Waals surface area contributed by atoms with E-state index in [1.54, 1.807) is 5.32 Å². The molecular formula is C14H13F5N2O. The first kappa shape index (κ1) is 16.3. The molecule has 0 unspecified atom stereocenters. The largest absolute Gasteiger partial charge is 0.408 e. The molecule has 0 saturated carbocycles. The topological polar surface area (TPSA) is 32.3 Å². The minimum atomic E-state index is -4.66. The summed E-state index contributed by atoms with van der Waals surface area (Å²) in [6.07, 6.45) is -4.66. The van der Waals surface area contributed by atoms with E-state index in [9.17, 15) is 26.7 Å². The fraction of sp³-hybridized carbons (Fsp3) is 0.357. The van der Waals surface area contributed by atoms with Gasteiger partial charge in [-0.1, -0.05) is 6.58 Å². The first-order chi connectivity index (χ1) is 10.1. The van der Waals surface area contributed by atoms with Gasteiger partial charge in [-0.05, 0) is 18.6 Å². The van der Waals surface area contributed by atoms with Crippen molar-refractivity contribution in [2.24, 2.45) is 0 Å². The van der Waals surface area contributed by atoms with Crippen LogP contribution in [0.25, 0.3) is 0 Å². The molecule has 1 amide bonds. The van der Waals surface area contributed by atoms with Gasteiger partial charge in [-0.25, -0.2) is 8.78 Å². The van der Waals surface area contributed by atoms with Gasteiger partial charge in [-0.3, -0.25) is 4.79 Å². The van der Waals surface area contributed by atoms with Crippen LogP contribution in [0.4, 0.5) is 27.6 Å². The van der Waals surface area contributed by atoms with E-state index in [4.69, 9.17) is 0 Å². The lowest BCUT2D eigenvalue weighted by Gasteiger charge is -2.35. The quantitative estimate of drug-likeness (QED) is 0.686. The Morgan fingerprint density at radius 2 is 1.86 bits per heavy atom. The summed E-state index contributed by atoms with van der Waals surface area (Å²) in [4.78, 5) is 13.1. The van der Waals surface area contributed by atoms with Crippen LogP contribution in [0.3, 0.4) is 0 Å². The Morgan fingerprint density at radius 3 is 2.36 bits per heavy atom. The van der Waals surface area contributed by atoms with Crippen LogP contribution in [-0.2, 0) is 0 Å². The summed E-state index contributed by atoms with van der Waals surface area (Å²) in [5.74, 6) is -3.28. The predicted molar refractivity (Wildman–Crippen MR) is 70.7 cm³/mol. The zero-order chi connectivity index (χ0) is 16.7. The number of nitrogens with one attached hydrogen (secondary N) is 1. The summed E-state index contributed by atoms with van der Waals surface area (Å²) < 4.78 is 64.9. The molecule has 1 atom stereocenters. The van der Waals surface area contributed by atoms with Gasteiger partial charge in [0.25, 0.3) is 5.91 Å². The number of carbonyl (C=O) groups excluding carboxylic acids is 1. The Labute approximate surface area is 123 Å². The van der Waals surface area contributed by atoms with E-state index in [1.807, 2.05) is 0 Å². The van der Waals surface area contributed by atoms with Crippen LogP contribution in [0.15, 0.2) is 24.3 Å². The number of amides is 1. The second-order valence-corrected chi connectivity index (χ2v) is 5.13. The van der Waals surface area contributed by atoms with E-state index >= 15 is 0 Å². The van der Waals surface area contributed by atoms with Gasteiger partial charge in [0.1, 0.15) is 17.7 Å². The van der Waals surface area contributed by atoms with E-state index in [0.29, 0.717) is 26.1 Å². The highest BCUT2D eigenvalue weighted by atomic mass is 19.4. The molecule has 8 heteroatoms. The second kappa shape index (κ2) is 5.58. The van der Waals surface area contributed by atoms with Crippen LogP contribution in [0, 0.1) is 11.6 Å². The monoisotopic (exact) mass is 320 g/mol.